The molecule has 8 nitrogen and oxygen atoms in total. The van der Waals surface area contributed by atoms with E-state index in [1.54, 1.807) is 19.2 Å². The summed E-state index contributed by atoms with van der Waals surface area (Å²) in [5.41, 5.74) is 1.83. The van der Waals surface area contributed by atoms with E-state index in [0.717, 1.165) is 29.7 Å². The van der Waals surface area contributed by atoms with E-state index in [2.05, 4.69) is 9.62 Å². The summed E-state index contributed by atoms with van der Waals surface area (Å²) >= 11 is 0. The maximum Gasteiger partial charge on any atom is 0.289 e. The molecule has 9 heteroatoms. The number of methoxy groups -OCH3 is 1. The van der Waals surface area contributed by atoms with Gasteiger partial charge in [-0.25, -0.2) is 8.42 Å². The molecule has 1 N–H and O–H groups in total. The van der Waals surface area contributed by atoms with Crippen molar-refractivity contribution in [3.05, 3.63) is 57.6 Å². The van der Waals surface area contributed by atoms with Crippen molar-refractivity contribution >= 4 is 21.4 Å². The molecule has 0 bridgehead atoms. The Kier molecular flexibility index (Phi) is 5.57. The average Bonchev–Trinajstić information content (AvgIpc) is 2.67. The fourth-order valence-corrected chi connectivity index (χ4v) is 4.86. The van der Waals surface area contributed by atoms with Crippen molar-refractivity contribution in [3.8, 4) is 5.75 Å². The highest BCUT2D eigenvalue weighted by Crippen LogP contribution is 2.37. The van der Waals surface area contributed by atoms with Gasteiger partial charge in [0.15, 0.2) is 4.90 Å². The molecule has 0 heterocycles. The van der Waals surface area contributed by atoms with Gasteiger partial charge in [-0.3, -0.25) is 14.8 Å². The number of ether oxygens (including phenoxy) is 1. The van der Waals surface area contributed by atoms with Crippen LogP contribution in [-0.4, -0.2) is 45.5 Å². The molecular weight excluding hydrogens is 382 g/mol. The number of fused-ring (bicyclic) bond motifs is 1. The molecule has 0 radical (unpaired) electrons. The number of anilines is 1. The van der Waals surface area contributed by atoms with Crippen LogP contribution in [-0.2, 0) is 22.9 Å². The standard InChI is InChI=1S/C19H23N3O5S/c1-21(2)13-8-9-14-15(12-13)18(27-3)11-10-16(14)20-28(25,26)19-7-5-4-6-17(19)22(23)24/h4-7,10-11,13,20H,8-9,12H2,1-3H3/t13-/m0/s1. The summed E-state index contributed by atoms with van der Waals surface area (Å²) in [6.45, 7) is 0. The van der Waals surface area contributed by atoms with Crippen LogP contribution in [0.1, 0.15) is 17.5 Å². The lowest BCUT2D eigenvalue weighted by molar-refractivity contribution is -0.387. The summed E-state index contributed by atoms with van der Waals surface area (Å²) < 4.78 is 33.8. The van der Waals surface area contributed by atoms with Gasteiger partial charge in [-0.15, -0.1) is 0 Å². The molecule has 1 aliphatic rings. The Balaban J connectivity index is 2.02. The number of hydrogen-bond donors (Lipinski definition) is 1. The summed E-state index contributed by atoms with van der Waals surface area (Å²) in [7, 11) is 1.51. The number of nitro groups is 1. The molecule has 0 amide bonds. The molecule has 0 unspecified atom stereocenters. The smallest absolute Gasteiger partial charge is 0.289 e. The summed E-state index contributed by atoms with van der Waals surface area (Å²) in [6, 6.07) is 9.04. The van der Waals surface area contributed by atoms with Gasteiger partial charge in [0.05, 0.1) is 17.7 Å². The molecular formula is C19H23N3O5S. The first-order valence-corrected chi connectivity index (χ1v) is 10.3. The first-order chi connectivity index (χ1) is 13.2. The lowest BCUT2D eigenvalue weighted by Gasteiger charge is -2.32. The predicted octanol–water partition coefficient (Wildman–Crippen LogP) is 2.82. The van der Waals surface area contributed by atoms with Crippen molar-refractivity contribution in [1.29, 1.82) is 0 Å². The quantitative estimate of drug-likeness (QED) is 0.586. The van der Waals surface area contributed by atoms with E-state index in [4.69, 9.17) is 4.74 Å². The second-order valence-electron chi connectivity index (χ2n) is 6.96. The summed E-state index contributed by atoms with van der Waals surface area (Å²) in [5, 5.41) is 11.2. The molecule has 150 valence electrons. The van der Waals surface area contributed by atoms with Crippen molar-refractivity contribution in [2.75, 3.05) is 25.9 Å². The van der Waals surface area contributed by atoms with Crippen molar-refractivity contribution in [2.24, 2.45) is 0 Å². The number of nitro benzene ring substituents is 1. The number of hydrogen-bond acceptors (Lipinski definition) is 6. The van der Waals surface area contributed by atoms with Crippen LogP contribution in [0.25, 0.3) is 0 Å². The third kappa shape index (κ3) is 3.81. The molecule has 0 saturated heterocycles. The first kappa shape index (κ1) is 20.1. The molecule has 3 rings (SSSR count). The molecule has 28 heavy (non-hydrogen) atoms. The van der Waals surface area contributed by atoms with Gasteiger partial charge in [-0.2, -0.15) is 0 Å². The first-order valence-electron chi connectivity index (χ1n) is 8.86. The summed E-state index contributed by atoms with van der Waals surface area (Å²) in [4.78, 5) is 12.3. The van der Waals surface area contributed by atoms with Crippen molar-refractivity contribution in [2.45, 2.75) is 30.2 Å². The zero-order valence-electron chi connectivity index (χ0n) is 16.0. The van der Waals surface area contributed by atoms with Crippen molar-refractivity contribution < 1.29 is 18.1 Å². The Morgan fingerprint density at radius 2 is 1.89 bits per heavy atom. The van der Waals surface area contributed by atoms with Crippen LogP contribution in [0.4, 0.5) is 11.4 Å². The Bertz CT molecular complexity index is 1000. The highest BCUT2D eigenvalue weighted by Gasteiger charge is 2.29. The minimum absolute atomic E-state index is 0.337. The molecule has 2 aromatic rings. The molecule has 1 aliphatic carbocycles. The highest BCUT2D eigenvalue weighted by molar-refractivity contribution is 7.92. The van der Waals surface area contributed by atoms with Gasteiger partial charge in [-0.1, -0.05) is 12.1 Å². The predicted molar refractivity (Wildman–Crippen MR) is 106 cm³/mol. The Morgan fingerprint density at radius 1 is 1.18 bits per heavy atom. The van der Waals surface area contributed by atoms with Gasteiger partial charge in [0.25, 0.3) is 15.7 Å². The second-order valence-corrected chi connectivity index (χ2v) is 8.61. The highest BCUT2D eigenvalue weighted by atomic mass is 32.2. The normalized spacial score (nSPS) is 16.5. The Morgan fingerprint density at radius 3 is 2.54 bits per heavy atom. The summed E-state index contributed by atoms with van der Waals surface area (Å²) in [6.07, 6.45) is 2.31. The maximum atomic E-state index is 12.9. The van der Waals surface area contributed by atoms with E-state index in [1.807, 2.05) is 14.1 Å². The monoisotopic (exact) mass is 405 g/mol. The summed E-state index contributed by atoms with van der Waals surface area (Å²) in [5.74, 6) is 0.718. The van der Waals surface area contributed by atoms with Gasteiger partial charge >= 0.3 is 0 Å². The Hall–Kier alpha value is -2.65. The largest absolute Gasteiger partial charge is 0.496 e. The number of rotatable bonds is 6. The number of benzene rings is 2. The zero-order chi connectivity index (χ0) is 20.5. The molecule has 0 saturated carbocycles. The number of para-hydroxylation sites is 1. The van der Waals surface area contributed by atoms with Crippen LogP contribution in [0.2, 0.25) is 0 Å². The van der Waals surface area contributed by atoms with Crippen molar-refractivity contribution in [1.82, 2.24) is 4.90 Å². The van der Waals surface area contributed by atoms with Gasteiger partial charge in [0.1, 0.15) is 5.75 Å². The second kappa shape index (κ2) is 7.76. The van der Waals surface area contributed by atoms with Crippen molar-refractivity contribution in [3.63, 3.8) is 0 Å². The third-order valence-electron chi connectivity index (χ3n) is 5.10. The van der Waals surface area contributed by atoms with E-state index >= 15 is 0 Å². The van der Waals surface area contributed by atoms with E-state index < -0.39 is 20.6 Å². The minimum atomic E-state index is -4.11. The fraction of sp³-hybridized carbons (Fsp3) is 0.368. The minimum Gasteiger partial charge on any atom is -0.496 e. The van der Waals surface area contributed by atoms with Gasteiger partial charge in [0.2, 0.25) is 0 Å². The van der Waals surface area contributed by atoms with E-state index in [-0.39, 0.29) is 4.90 Å². The van der Waals surface area contributed by atoms with E-state index in [0.29, 0.717) is 18.2 Å². The molecule has 0 aliphatic heterocycles. The topological polar surface area (TPSA) is 102 Å². The average molecular weight is 405 g/mol. The lowest BCUT2D eigenvalue weighted by Crippen LogP contribution is -2.34. The van der Waals surface area contributed by atoms with Gasteiger partial charge in [-0.05, 0) is 57.1 Å². The van der Waals surface area contributed by atoms with E-state index in [1.165, 1.54) is 24.3 Å². The molecule has 0 fully saturated rings. The van der Waals surface area contributed by atoms with Crippen LogP contribution in [0.15, 0.2) is 41.3 Å². The zero-order valence-corrected chi connectivity index (χ0v) is 16.8. The third-order valence-corrected chi connectivity index (χ3v) is 6.51. The lowest BCUT2D eigenvalue weighted by atomic mass is 9.86. The van der Waals surface area contributed by atoms with Gasteiger partial charge in [0, 0.05) is 17.7 Å². The van der Waals surface area contributed by atoms with Crippen LogP contribution < -0.4 is 9.46 Å². The molecule has 1 atom stereocenters. The van der Waals surface area contributed by atoms with E-state index in [9.17, 15) is 18.5 Å². The molecule has 0 aromatic heterocycles. The number of likely N-dealkylation sites (N-methyl/N-ethyl adjacent to an activating group) is 1. The maximum absolute atomic E-state index is 12.9. The Labute approximate surface area is 164 Å². The van der Waals surface area contributed by atoms with Crippen LogP contribution in [0.3, 0.4) is 0 Å². The molecule has 0 spiro atoms. The van der Waals surface area contributed by atoms with Crippen LogP contribution >= 0.6 is 0 Å². The van der Waals surface area contributed by atoms with Gasteiger partial charge < -0.3 is 9.64 Å². The SMILES string of the molecule is COc1ccc(NS(=O)(=O)c2ccccc2[N+](=O)[O-])c2c1C[C@@H](N(C)C)CC2. The molecule has 2 aromatic carbocycles. The fourth-order valence-electron chi connectivity index (χ4n) is 3.59. The van der Waals surface area contributed by atoms with Crippen LogP contribution in [0, 0.1) is 10.1 Å². The number of sulfonamides is 1. The van der Waals surface area contributed by atoms with Crippen LogP contribution in [0.5, 0.6) is 5.75 Å². The number of nitrogens with one attached hydrogen (secondary N) is 1. The number of nitrogens with zero attached hydrogens (tertiary/aromatic N) is 2.